The Hall–Kier alpha value is -2.45. The van der Waals surface area contributed by atoms with Gasteiger partial charge in [0.15, 0.2) is 0 Å². The number of carbonyl (C=O) groups excluding carboxylic acids is 2. The summed E-state index contributed by atoms with van der Waals surface area (Å²) >= 11 is 0. The van der Waals surface area contributed by atoms with E-state index in [-0.39, 0.29) is 36.2 Å². The first-order valence-electron chi connectivity index (χ1n) is 8.54. The van der Waals surface area contributed by atoms with Gasteiger partial charge in [-0.25, -0.2) is 9.87 Å². The minimum atomic E-state index is -0.711. The van der Waals surface area contributed by atoms with Crippen molar-refractivity contribution in [3.8, 4) is 0 Å². The van der Waals surface area contributed by atoms with Gasteiger partial charge >= 0.3 is 0 Å². The third kappa shape index (κ3) is 6.33. The maximum Gasteiger partial charge on any atom is 0.274 e. The Labute approximate surface area is 159 Å². The van der Waals surface area contributed by atoms with Gasteiger partial charge in [-0.3, -0.25) is 14.4 Å². The predicted molar refractivity (Wildman–Crippen MR) is 101 cm³/mol. The van der Waals surface area contributed by atoms with Gasteiger partial charge in [-0.2, -0.15) is 0 Å². The number of anilines is 1. The molecule has 0 bridgehead atoms. The van der Waals surface area contributed by atoms with Crippen molar-refractivity contribution in [2.75, 3.05) is 25.6 Å². The Balaban J connectivity index is 3.28. The van der Waals surface area contributed by atoms with Crippen molar-refractivity contribution in [1.82, 2.24) is 10.4 Å². The third-order valence-corrected chi connectivity index (χ3v) is 3.71. The lowest BCUT2D eigenvalue weighted by atomic mass is 9.95. The van der Waals surface area contributed by atoms with Crippen molar-refractivity contribution in [3.05, 3.63) is 41.0 Å². The van der Waals surface area contributed by atoms with Gasteiger partial charge in [-0.1, -0.05) is 26.8 Å². The highest BCUT2D eigenvalue weighted by Crippen LogP contribution is 2.24. The van der Waals surface area contributed by atoms with Crippen LogP contribution in [0.1, 0.15) is 33.3 Å². The van der Waals surface area contributed by atoms with Crippen LogP contribution in [0.2, 0.25) is 0 Å². The second kappa shape index (κ2) is 9.48. The van der Waals surface area contributed by atoms with E-state index in [9.17, 15) is 14.0 Å². The smallest absolute Gasteiger partial charge is 0.274 e. The molecule has 0 aliphatic rings. The standard InChI is InChI=1S/C19H28FN3O4/c1-12-7-8-15(14(20)11-12)21-16(23(6)18(26)19(3,4)5)13(2)17(25)22-27-10-9-24/h7-8,11,21,24H,9-10H2,1-6H3,(H,22,25)/b16-13+. The first kappa shape index (κ1) is 22.6. The Bertz CT molecular complexity index is 726. The maximum atomic E-state index is 14.3. The number of carbonyl (C=O) groups is 2. The number of benzene rings is 1. The predicted octanol–water partition coefficient (Wildman–Crippen LogP) is 2.32. The molecule has 3 N–H and O–H groups in total. The molecule has 150 valence electrons. The first-order chi connectivity index (χ1) is 12.5. The van der Waals surface area contributed by atoms with Crippen LogP contribution in [0.25, 0.3) is 0 Å². The molecule has 0 aliphatic carbocycles. The molecule has 0 aliphatic heterocycles. The monoisotopic (exact) mass is 381 g/mol. The summed E-state index contributed by atoms with van der Waals surface area (Å²) < 4.78 is 14.3. The van der Waals surface area contributed by atoms with Crippen molar-refractivity contribution in [2.24, 2.45) is 5.41 Å². The number of hydroxylamine groups is 1. The summed E-state index contributed by atoms with van der Waals surface area (Å²) in [4.78, 5) is 31.1. The van der Waals surface area contributed by atoms with E-state index in [0.29, 0.717) is 0 Å². The van der Waals surface area contributed by atoms with E-state index >= 15 is 0 Å². The first-order valence-corrected chi connectivity index (χ1v) is 8.54. The molecule has 0 atom stereocenters. The number of hydrogen-bond donors (Lipinski definition) is 3. The molecule has 0 saturated heterocycles. The van der Waals surface area contributed by atoms with Crippen LogP contribution in [0.4, 0.5) is 10.1 Å². The number of aryl methyl sites for hydroxylation is 1. The lowest BCUT2D eigenvalue weighted by Crippen LogP contribution is -2.40. The number of hydrogen-bond acceptors (Lipinski definition) is 5. The molecule has 0 fully saturated rings. The van der Waals surface area contributed by atoms with Crippen LogP contribution in [0.3, 0.4) is 0 Å². The van der Waals surface area contributed by atoms with E-state index in [1.165, 1.54) is 31.0 Å². The topological polar surface area (TPSA) is 90.9 Å². The number of aliphatic hydroxyl groups is 1. The Morgan fingerprint density at radius 3 is 2.44 bits per heavy atom. The van der Waals surface area contributed by atoms with Gasteiger partial charge in [0.1, 0.15) is 11.6 Å². The summed E-state index contributed by atoms with van der Waals surface area (Å²) in [6.07, 6.45) is 0. The zero-order valence-corrected chi connectivity index (χ0v) is 16.6. The fourth-order valence-corrected chi connectivity index (χ4v) is 2.23. The summed E-state index contributed by atoms with van der Waals surface area (Å²) in [7, 11) is 1.51. The van der Waals surface area contributed by atoms with Crippen molar-refractivity contribution in [1.29, 1.82) is 0 Å². The number of nitrogens with zero attached hydrogens (tertiary/aromatic N) is 1. The van der Waals surface area contributed by atoms with Crippen molar-refractivity contribution in [2.45, 2.75) is 34.6 Å². The molecule has 1 aromatic rings. The van der Waals surface area contributed by atoms with Gasteiger partial charge in [-0.15, -0.1) is 0 Å². The molecular formula is C19H28FN3O4. The molecule has 0 radical (unpaired) electrons. The van der Waals surface area contributed by atoms with Crippen LogP contribution in [0.5, 0.6) is 0 Å². The van der Waals surface area contributed by atoms with Gasteiger partial charge in [0.05, 0.1) is 24.5 Å². The number of halogens is 1. The van der Waals surface area contributed by atoms with Crippen LogP contribution in [0.15, 0.2) is 29.6 Å². The van der Waals surface area contributed by atoms with Crippen molar-refractivity contribution < 1.29 is 23.9 Å². The summed E-state index contributed by atoms with van der Waals surface area (Å²) in [5.41, 5.74) is 2.46. The van der Waals surface area contributed by atoms with Gasteiger partial charge in [-0.05, 0) is 31.5 Å². The number of amides is 2. The van der Waals surface area contributed by atoms with Crippen LogP contribution >= 0.6 is 0 Å². The third-order valence-electron chi connectivity index (χ3n) is 3.71. The van der Waals surface area contributed by atoms with E-state index in [0.717, 1.165) is 5.56 Å². The van der Waals surface area contributed by atoms with E-state index in [2.05, 4.69) is 10.8 Å². The molecule has 0 aromatic heterocycles. The Morgan fingerprint density at radius 2 is 1.93 bits per heavy atom. The summed E-state index contributed by atoms with van der Waals surface area (Å²) in [5, 5.41) is 11.6. The molecule has 27 heavy (non-hydrogen) atoms. The molecule has 2 amide bonds. The van der Waals surface area contributed by atoms with E-state index in [1.54, 1.807) is 33.8 Å². The molecule has 0 heterocycles. The van der Waals surface area contributed by atoms with Crippen LogP contribution in [-0.4, -0.2) is 42.1 Å². The second-order valence-corrected chi connectivity index (χ2v) is 7.20. The molecule has 1 rings (SSSR count). The summed E-state index contributed by atoms with van der Waals surface area (Å²) in [6.45, 7) is 8.14. The van der Waals surface area contributed by atoms with Crippen molar-refractivity contribution in [3.63, 3.8) is 0 Å². The van der Waals surface area contributed by atoms with Gasteiger partial charge in [0.2, 0.25) is 5.91 Å². The number of nitrogens with one attached hydrogen (secondary N) is 2. The number of aliphatic hydroxyl groups excluding tert-OH is 1. The van der Waals surface area contributed by atoms with Gasteiger partial charge in [0, 0.05) is 12.5 Å². The van der Waals surface area contributed by atoms with E-state index < -0.39 is 17.1 Å². The molecule has 1 aromatic carbocycles. The van der Waals surface area contributed by atoms with Crippen LogP contribution < -0.4 is 10.8 Å². The highest BCUT2D eigenvalue weighted by molar-refractivity contribution is 5.95. The largest absolute Gasteiger partial charge is 0.394 e. The highest BCUT2D eigenvalue weighted by Gasteiger charge is 2.29. The Morgan fingerprint density at radius 1 is 1.30 bits per heavy atom. The average Bonchev–Trinajstić information content (AvgIpc) is 2.58. The highest BCUT2D eigenvalue weighted by atomic mass is 19.1. The molecular weight excluding hydrogens is 353 g/mol. The minimum absolute atomic E-state index is 0.0782. The zero-order chi connectivity index (χ0) is 20.8. The zero-order valence-electron chi connectivity index (χ0n) is 16.6. The SMILES string of the molecule is C/C(C(=O)NOCCO)=C(/Nc1ccc(C)cc1F)N(C)C(=O)C(C)(C)C. The number of rotatable bonds is 7. The summed E-state index contributed by atoms with van der Waals surface area (Å²) in [6, 6.07) is 4.60. The fourth-order valence-electron chi connectivity index (χ4n) is 2.23. The maximum absolute atomic E-state index is 14.3. The molecule has 8 heteroatoms. The van der Waals surface area contributed by atoms with E-state index in [1.807, 2.05) is 0 Å². The molecule has 0 saturated carbocycles. The van der Waals surface area contributed by atoms with Gasteiger partial charge in [0.25, 0.3) is 5.91 Å². The molecule has 0 unspecified atom stereocenters. The molecule has 0 spiro atoms. The summed E-state index contributed by atoms with van der Waals surface area (Å²) in [5.74, 6) is -1.26. The lowest BCUT2D eigenvalue weighted by molar-refractivity contribution is -0.136. The lowest BCUT2D eigenvalue weighted by Gasteiger charge is -2.30. The minimum Gasteiger partial charge on any atom is -0.394 e. The van der Waals surface area contributed by atoms with Crippen LogP contribution in [-0.2, 0) is 14.4 Å². The normalized spacial score (nSPS) is 12.3. The quantitative estimate of drug-likeness (QED) is 0.383. The second-order valence-electron chi connectivity index (χ2n) is 7.20. The van der Waals surface area contributed by atoms with Crippen LogP contribution in [0, 0.1) is 18.2 Å². The molecule has 7 nitrogen and oxygen atoms in total. The van der Waals surface area contributed by atoms with Gasteiger partial charge < -0.3 is 15.3 Å². The average molecular weight is 381 g/mol. The Kier molecular flexibility index (Phi) is 7.93. The fraction of sp³-hybridized carbons (Fsp3) is 0.474. The van der Waals surface area contributed by atoms with E-state index in [4.69, 9.17) is 9.94 Å². The van der Waals surface area contributed by atoms with Crippen molar-refractivity contribution >= 4 is 17.5 Å².